The second-order valence-electron chi connectivity index (χ2n) is 7.05. The number of fused-ring (bicyclic) bond motifs is 1. The fraction of sp³-hybridized carbons (Fsp3) is 0.238. The molecule has 3 aromatic heterocycles. The molecule has 4 rings (SSSR count). The number of aromatic nitrogens is 2. The van der Waals surface area contributed by atoms with Crippen LogP contribution in [0.1, 0.15) is 23.4 Å². The molecule has 3 heterocycles. The Bertz CT molecular complexity index is 1380. The quantitative estimate of drug-likeness (QED) is 0.439. The molecule has 0 radical (unpaired) electrons. The van der Waals surface area contributed by atoms with E-state index in [0.717, 1.165) is 21.8 Å². The Morgan fingerprint density at radius 3 is 2.68 bits per heavy atom. The summed E-state index contributed by atoms with van der Waals surface area (Å²) in [5.41, 5.74) is 2.57. The molecule has 0 unspecified atom stereocenters. The number of ether oxygens (including phenoxy) is 1. The Labute approximate surface area is 182 Å². The number of carbonyl (C=O) groups is 1. The molecule has 31 heavy (non-hydrogen) atoms. The number of aryl methyl sites for hydroxylation is 3. The number of carboxylic acids is 1. The van der Waals surface area contributed by atoms with Gasteiger partial charge in [0.1, 0.15) is 15.7 Å². The third-order valence-corrected chi connectivity index (χ3v) is 8.29. The molecular weight excluding hydrogens is 440 g/mol. The molecule has 1 aromatic carbocycles. The normalized spacial score (nSPS) is 11.8. The molecule has 10 heteroatoms. The molecular formula is C21H20N2O6S2. The lowest BCUT2D eigenvalue weighted by atomic mass is 10.1. The zero-order chi connectivity index (χ0) is 22.3. The van der Waals surface area contributed by atoms with Gasteiger partial charge in [-0.15, -0.1) is 11.3 Å². The topological polar surface area (TPSA) is 112 Å². The summed E-state index contributed by atoms with van der Waals surface area (Å²) in [4.78, 5) is 11.8. The predicted octanol–water partition coefficient (Wildman–Crippen LogP) is 4.24. The average Bonchev–Trinajstić information content (AvgIpc) is 3.43. The minimum atomic E-state index is -3.90. The van der Waals surface area contributed by atoms with Crippen LogP contribution in [0.25, 0.3) is 21.3 Å². The highest BCUT2D eigenvalue weighted by Gasteiger charge is 2.25. The molecule has 4 aromatic rings. The van der Waals surface area contributed by atoms with E-state index in [0.29, 0.717) is 33.7 Å². The van der Waals surface area contributed by atoms with Crippen LogP contribution in [0.15, 0.2) is 45.3 Å². The maximum atomic E-state index is 13.5. The van der Waals surface area contributed by atoms with Crippen LogP contribution in [0.2, 0.25) is 0 Å². The van der Waals surface area contributed by atoms with Gasteiger partial charge < -0.3 is 14.4 Å². The summed E-state index contributed by atoms with van der Waals surface area (Å²) in [5.74, 6) is 0.239. The van der Waals surface area contributed by atoms with E-state index in [9.17, 15) is 13.2 Å². The summed E-state index contributed by atoms with van der Waals surface area (Å²) in [6.07, 6.45) is 1.60. The summed E-state index contributed by atoms with van der Waals surface area (Å²) in [6, 6.07) is 8.37. The molecule has 162 valence electrons. The van der Waals surface area contributed by atoms with Gasteiger partial charge in [0.15, 0.2) is 0 Å². The van der Waals surface area contributed by atoms with E-state index in [1.54, 1.807) is 44.2 Å². The SMILES string of the molecule is COc1ccc2c(c1)c(CCC(=O)O)cn2S(=O)(=O)c1ccc(-c2c(C)noc2C)s1. The Kier molecular flexibility index (Phi) is 5.36. The molecule has 0 aliphatic carbocycles. The molecule has 0 fully saturated rings. The van der Waals surface area contributed by atoms with Gasteiger partial charge in [-0.1, -0.05) is 5.16 Å². The van der Waals surface area contributed by atoms with Crippen LogP contribution < -0.4 is 4.74 Å². The second kappa shape index (κ2) is 7.86. The minimum Gasteiger partial charge on any atom is -0.497 e. The molecule has 1 N–H and O–H groups in total. The van der Waals surface area contributed by atoms with Crippen LogP contribution in [-0.2, 0) is 21.2 Å². The van der Waals surface area contributed by atoms with Gasteiger partial charge in [-0.25, -0.2) is 3.97 Å². The van der Waals surface area contributed by atoms with E-state index >= 15 is 0 Å². The number of hydrogen-bond donors (Lipinski definition) is 1. The van der Waals surface area contributed by atoms with Crippen molar-refractivity contribution < 1.29 is 27.6 Å². The van der Waals surface area contributed by atoms with Gasteiger partial charge in [-0.2, -0.15) is 8.42 Å². The van der Waals surface area contributed by atoms with Gasteiger partial charge in [-0.3, -0.25) is 4.79 Å². The van der Waals surface area contributed by atoms with Crippen LogP contribution in [0.3, 0.4) is 0 Å². The first-order valence-corrected chi connectivity index (χ1v) is 11.7. The standard InChI is InChI=1S/C21H20N2O6S2/c1-12-21(13(2)29-22-12)18-7-9-20(30-18)31(26,27)23-11-14(4-8-19(24)25)16-10-15(28-3)5-6-17(16)23/h5-7,9-11H,4,8H2,1-3H3,(H,24,25). The van der Waals surface area contributed by atoms with Crippen LogP contribution in [-0.4, -0.2) is 35.7 Å². The minimum absolute atomic E-state index is 0.106. The summed E-state index contributed by atoms with van der Waals surface area (Å²) in [7, 11) is -2.38. The van der Waals surface area contributed by atoms with E-state index in [4.69, 9.17) is 14.4 Å². The number of benzene rings is 1. The Morgan fingerprint density at radius 1 is 1.26 bits per heavy atom. The Morgan fingerprint density at radius 2 is 2.03 bits per heavy atom. The van der Waals surface area contributed by atoms with Crippen LogP contribution in [0.5, 0.6) is 5.75 Å². The number of carboxylic acid groups (broad SMARTS) is 1. The predicted molar refractivity (Wildman–Crippen MR) is 116 cm³/mol. The van der Waals surface area contributed by atoms with Gasteiger partial charge in [0.2, 0.25) is 0 Å². The maximum Gasteiger partial charge on any atom is 0.303 e. The highest BCUT2D eigenvalue weighted by molar-refractivity contribution is 7.92. The van der Waals surface area contributed by atoms with Crippen molar-refractivity contribution in [1.82, 2.24) is 9.13 Å². The van der Waals surface area contributed by atoms with Gasteiger partial charge in [-0.05, 0) is 56.2 Å². The van der Waals surface area contributed by atoms with E-state index < -0.39 is 16.0 Å². The third kappa shape index (κ3) is 3.72. The van der Waals surface area contributed by atoms with Crippen LogP contribution in [0, 0.1) is 13.8 Å². The molecule has 0 spiro atoms. The summed E-state index contributed by atoms with van der Waals surface area (Å²) in [6.45, 7) is 3.59. The van der Waals surface area contributed by atoms with Crippen molar-refractivity contribution in [2.75, 3.05) is 7.11 Å². The van der Waals surface area contributed by atoms with Crippen molar-refractivity contribution in [1.29, 1.82) is 0 Å². The Hall–Kier alpha value is -3.11. The summed E-state index contributed by atoms with van der Waals surface area (Å²) >= 11 is 1.14. The summed E-state index contributed by atoms with van der Waals surface area (Å²) in [5, 5.41) is 13.6. The van der Waals surface area contributed by atoms with Crippen LogP contribution in [0.4, 0.5) is 0 Å². The highest BCUT2D eigenvalue weighted by Crippen LogP contribution is 2.37. The van der Waals surface area contributed by atoms with Gasteiger partial charge in [0, 0.05) is 22.9 Å². The Balaban J connectivity index is 1.83. The van der Waals surface area contributed by atoms with E-state index in [1.165, 1.54) is 17.3 Å². The zero-order valence-corrected chi connectivity index (χ0v) is 18.7. The molecule has 0 amide bonds. The molecule has 0 saturated carbocycles. The van der Waals surface area contributed by atoms with E-state index in [2.05, 4.69) is 5.16 Å². The average molecular weight is 461 g/mol. The van der Waals surface area contributed by atoms with Crippen molar-refractivity contribution in [3.63, 3.8) is 0 Å². The van der Waals surface area contributed by atoms with Gasteiger partial charge >= 0.3 is 5.97 Å². The maximum absolute atomic E-state index is 13.5. The van der Waals surface area contributed by atoms with Crippen molar-refractivity contribution in [3.8, 4) is 16.2 Å². The van der Waals surface area contributed by atoms with E-state index in [-0.39, 0.29) is 17.1 Å². The van der Waals surface area contributed by atoms with Crippen molar-refractivity contribution in [2.45, 2.75) is 30.9 Å². The second-order valence-corrected chi connectivity index (χ2v) is 10.2. The molecule has 0 aliphatic rings. The first-order chi connectivity index (χ1) is 14.7. The zero-order valence-electron chi connectivity index (χ0n) is 17.1. The third-order valence-electron chi connectivity index (χ3n) is 5.04. The first kappa shape index (κ1) is 21.1. The largest absolute Gasteiger partial charge is 0.497 e. The van der Waals surface area contributed by atoms with Crippen LogP contribution >= 0.6 is 11.3 Å². The van der Waals surface area contributed by atoms with Gasteiger partial charge in [0.05, 0.1) is 23.9 Å². The lowest BCUT2D eigenvalue weighted by Crippen LogP contribution is -2.10. The fourth-order valence-electron chi connectivity index (χ4n) is 3.54. The van der Waals surface area contributed by atoms with Gasteiger partial charge in [0.25, 0.3) is 10.0 Å². The molecule has 8 nitrogen and oxygen atoms in total. The van der Waals surface area contributed by atoms with Crippen molar-refractivity contribution >= 4 is 38.2 Å². The number of aliphatic carboxylic acids is 1. The molecule has 0 aliphatic heterocycles. The van der Waals surface area contributed by atoms with E-state index in [1.807, 2.05) is 0 Å². The smallest absolute Gasteiger partial charge is 0.303 e. The monoisotopic (exact) mass is 460 g/mol. The lowest BCUT2D eigenvalue weighted by molar-refractivity contribution is -0.136. The fourth-order valence-corrected chi connectivity index (χ4v) is 6.47. The first-order valence-electron chi connectivity index (χ1n) is 9.40. The lowest BCUT2D eigenvalue weighted by Gasteiger charge is -2.06. The van der Waals surface area contributed by atoms with Crippen molar-refractivity contribution in [2.24, 2.45) is 0 Å². The number of rotatable bonds is 7. The number of hydrogen-bond acceptors (Lipinski definition) is 7. The van der Waals surface area contributed by atoms with Crippen molar-refractivity contribution in [3.05, 3.63) is 53.5 Å². The molecule has 0 atom stereocenters. The number of thiophene rings is 1. The summed E-state index contributed by atoms with van der Waals surface area (Å²) < 4.78 is 38.8. The molecule has 0 bridgehead atoms. The highest BCUT2D eigenvalue weighted by atomic mass is 32.2. The number of methoxy groups -OCH3 is 1. The molecule has 0 saturated heterocycles. The number of nitrogens with zero attached hydrogens (tertiary/aromatic N) is 2.